The average molecular weight is 857 g/mol. The molecule has 0 heterocycles. The quantitative estimate of drug-likeness (QED) is 0.142. The molecule has 0 bridgehead atoms. The van der Waals surface area contributed by atoms with Crippen LogP contribution in [0, 0.1) is 31.1 Å². The van der Waals surface area contributed by atoms with E-state index in [9.17, 15) is 0 Å². The van der Waals surface area contributed by atoms with Crippen molar-refractivity contribution in [2.75, 3.05) is 0 Å². The topological polar surface area (TPSA) is 18.5 Å². The van der Waals surface area contributed by atoms with Crippen molar-refractivity contribution < 1.29 is 35.8 Å². The zero-order valence-corrected chi connectivity index (χ0v) is 35.5. The summed E-state index contributed by atoms with van der Waals surface area (Å²) in [7, 11) is 0. The number of hydrogen-bond donors (Lipinski definition) is 0. The van der Waals surface area contributed by atoms with Gasteiger partial charge < -0.3 is 9.47 Å². The number of halogens is 6. The van der Waals surface area contributed by atoms with E-state index in [4.69, 9.17) is 9.47 Å². The smallest absolute Gasteiger partial charge is 0.403 e. The molecule has 0 N–H and O–H groups in total. The van der Waals surface area contributed by atoms with Gasteiger partial charge in [0.05, 0.1) is 12.2 Å². The summed E-state index contributed by atoms with van der Waals surface area (Å²) < 4.78 is 106. The molecule has 0 atom stereocenters. The molecule has 0 radical (unpaired) electrons. The molecular formula is C55H50F6O2. The highest BCUT2D eigenvalue weighted by Gasteiger charge is 2.76. The monoisotopic (exact) mass is 856 g/mol. The first kappa shape index (κ1) is 41.5. The van der Waals surface area contributed by atoms with Crippen molar-refractivity contribution in [1.29, 1.82) is 0 Å². The number of aryl methyl sites for hydroxylation is 2. The van der Waals surface area contributed by atoms with Crippen molar-refractivity contribution in [2.45, 2.75) is 103 Å². The predicted octanol–water partition coefficient (Wildman–Crippen LogP) is 15.5. The van der Waals surface area contributed by atoms with Crippen molar-refractivity contribution >= 4 is 0 Å². The van der Waals surface area contributed by atoms with Gasteiger partial charge in [0, 0.05) is 11.1 Å². The van der Waals surface area contributed by atoms with Crippen molar-refractivity contribution in [3.63, 3.8) is 0 Å². The van der Waals surface area contributed by atoms with E-state index in [1.165, 1.54) is 55.6 Å². The molecule has 0 amide bonds. The summed E-state index contributed by atoms with van der Waals surface area (Å²) in [5, 5.41) is 0. The zero-order chi connectivity index (χ0) is 43.7. The van der Waals surface area contributed by atoms with Gasteiger partial charge in [-0.2, -0.15) is 26.3 Å². The third-order valence-electron chi connectivity index (χ3n) is 14.9. The summed E-state index contributed by atoms with van der Waals surface area (Å²) in [6.07, 6.45) is -10.9. The number of fused-ring (bicyclic) bond motifs is 6. The highest BCUT2D eigenvalue weighted by atomic mass is 19.4. The molecule has 10 rings (SSSR count). The minimum absolute atomic E-state index is 0.105. The molecule has 6 aromatic rings. The van der Waals surface area contributed by atoms with E-state index in [1.54, 1.807) is 0 Å². The van der Waals surface area contributed by atoms with E-state index in [2.05, 4.69) is 62.4 Å². The fourth-order valence-electron chi connectivity index (χ4n) is 12.0. The maximum atomic E-state index is 15.5. The first-order valence-electron chi connectivity index (χ1n) is 22.4. The van der Waals surface area contributed by atoms with Gasteiger partial charge in [0.2, 0.25) is 0 Å². The lowest BCUT2D eigenvalue weighted by Crippen LogP contribution is -2.61. The molecule has 0 unspecified atom stereocenters. The van der Waals surface area contributed by atoms with Crippen LogP contribution in [-0.4, -0.2) is 24.6 Å². The number of alkyl halides is 6. The number of benzene rings is 6. The highest BCUT2D eigenvalue weighted by Crippen LogP contribution is 2.65. The van der Waals surface area contributed by atoms with Gasteiger partial charge >= 0.3 is 12.4 Å². The third kappa shape index (κ3) is 7.03. The molecule has 0 saturated heterocycles. The lowest BCUT2D eigenvalue weighted by Gasteiger charge is -2.51. The van der Waals surface area contributed by atoms with Crippen LogP contribution in [-0.2, 0) is 12.8 Å². The molecule has 8 heteroatoms. The Morgan fingerprint density at radius 3 is 1.13 bits per heavy atom. The van der Waals surface area contributed by atoms with E-state index in [0.717, 1.165) is 35.1 Å². The summed E-state index contributed by atoms with van der Waals surface area (Å²) in [5.74, 6) is -2.03. The standard InChI is InChI=1S/C55H50F6O2/c1-33-19-29-43(47-31-35-11-3-5-13-41(35)51(33)47)45-15-7-9-17-49(45)62-39-25-21-37(22-26-39)53(54(56,57)58,55(59,60)61)38-23-27-40(28-24-38)63-50-18-10-8-16-46(50)44-30-20-34(2)52-42-14-6-4-12-36(42)32-48(44)52/h3-20,29-30,37-40H,21-28,31-32H2,1-2H3. The van der Waals surface area contributed by atoms with Crippen LogP contribution in [0.1, 0.15) is 84.7 Å². The van der Waals surface area contributed by atoms with Crippen LogP contribution in [0.15, 0.2) is 121 Å². The summed E-state index contributed by atoms with van der Waals surface area (Å²) in [4.78, 5) is 0. The summed E-state index contributed by atoms with van der Waals surface area (Å²) in [5.41, 5.74) is 12.0. The molecule has 0 spiro atoms. The van der Waals surface area contributed by atoms with Crippen LogP contribution in [0.5, 0.6) is 11.5 Å². The number of hydrogen-bond acceptors (Lipinski definition) is 2. The van der Waals surface area contributed by atoms with Crippen molar-refractivity contribution in [3.8, 4) is 56.0 Å². The molecular weight excluding hydrogens is 807 g/mol. The lowest BCUT2D eigenvalue weighted by atomic mass is 9.57. The molecule has 324 valence electrons. The summed E-state index contributed by atoms with van der Waals surface area (Å²) >= 11 is 0. The van der Waals surface area contributed by atoms with Crippen LogP contribution < -0.4 is 9.47 Å². The number of para-hydroxylation sites is 2. The van der Waals surface area contributed by atoms with Crippen LogP contribution in [0.25, 0.3) is 44.5 Å². The van der Waals surface area contributed by atoms with Gasteiger partial charge in [-0.05, 0) is 169 Å². The fourth-order valence-corrected chi connectivity index (χ4v) is 12.0. The maximum Gasteiger partial charge on any atom is 0.403 e. The summed E-state index contributed by atoms with van der Waals surface area (Å²) in [6.45, 7) is 4.20. The molecule has 0 aromatic heterocycles. The molecule has 4 aliphatic rings. The Labute approximate surface area is 365 Å². The Balaban J connectivity index is 0.855. The van der Waals surface area contributed by atoms with Gasteiger partial charge in [0.1, 0.15) is 11.5 Å². The minimum atomic E-state index is -5.48. The van der Waals surface area contributed by atoms with E-state index in [1.807, 2.05) is 72.8 Å². The molecule has 2 saturated carbocycles. The molecule has 2 nitrogen and oxygen atoms in total. The van der Waals surface area contributed by atoms with Gasteiger partial charge in [-0.15, -0.1) is 0 Å². The first-order chi connectivity index (χ1) is 30.3. The third-order valence-corrected chi connectivity index (χ3v) is 14.9. The number of rotatable bonds is 8. The second kappa shape index (κ2) is 15.9. The Morgan fingerprint density at radius 1 is 0.397 bits per heavy atom. The molecule has 6 aromatic carbocycles. The summed E-state index contributed by atoms with van der Waals surface area (Å²) in [6, 6.07) is 40.3. The van der Waals surface area contributed by atoms with E-state index >= 15 is 26.3 Å². The van der Waals surface area contributed by atoms with Crippen LogP contribution in [0.2, 0.25) is 0 Å². The highest BCUT2D eigenvalue weighted by molar-refractivity contribution is 5.89. The van der Waals surface area contributed by atoms with Gasteiger partial charge in [-0.25, -0.2) is 0 Å². The van der Waals surface area contributed by atoms with E-state index in [0.29, 0.717) is 11.5 Å². The van der Waals surface area contributed by atoms with E-state index in [-0.39, 0.29) is 51.4 Å². The Hall–Kier alpha value is -5.50. The lowest BCUT2D eigenvalue weighted by molar-refractivity contribution is -0.382. The Kier molecular flexibility index (Phi) is 10.5. The van der Waals surface area contributed by atoms with Crippen molar-refractivity contribution in [3.05, 3.63) is 155 Å². The van der Waals surface area contributed by atoms with Gasteiger partial charge in [0.25, 0.3) is 0 Å². The van der Waals surface area contributed by atoms with E-state index < -0.39 is 41.8 Å². The maximum absolute atomic E-state index is 15.5. The second-order valence-corrected chi connectivity index (χ2v) is 18.3. The Bertz CT molecular complexity index is 2490. The second-order valence-electron chi connectivity index (χ2n) is 18.3. The van der Waals surface area contributed by atoms with Crippen LogP contribution in [0.3, 0.4) is 0 Å². The normalized spacial score (nSPS) is 20.7. The largest absolute Gasteiger partial charge is 0.490 e. The molecule has 4 aliphatic carbocycles. The fraction of sp³-hybridized carbons (Fsp3) is 0.345. The van der Waals surface area contributed by atoms with Gasteiger partial charge in [-0.3, -0.25) is 0 Å². The zero-order valence-electron chi connectivity index (χ0n) is 35.5. The Morgan fingerprint density at radius 2 is 0.746 bits per heavy atom. The van der Waals surface area contributed by atoms with Crippen molar-refractivity contribution in [2.24, 2.45) is 17.3 Å². The molecule has 0 aliphatic heterocycles. The van der Waals surface area contributed by atoms with Crippen molar-refractivity contribution in [1.82, 2.24) is 0 Å². The average Bonchev–Trinajstić information content (AvgIpc) is 3.86. The minimum Gasteiger partial charge on any atom is -0.490 e. The first-order valence-corrected chi connectivity index (χ1v) is 22.4. The van der Waals surface area contributed by atoms with Crippen LogP contribution in [0.4, 0.5) is 26.3 Å². The van der Waals surface area contributed by atoms with Gasteiger partial charge in [-0.1, -0.05) is 109 Å². The molecule has 63 heavy (non-hydrogen) atoms. The van der Waals surface area contributed by atoms with Gasteiger partial charge in [0.15, 0.2) is 5.41 Å². The molecule has 2 fully saturated rings. The van der Waals surface area contributed by atoms with Crippen LogP contribution >= 0.6 is 0 Å². The SMILES string of the molecule is Cc1ccc(-c2ccccc2OC2CCC(C(C3CCC(Oc4ccccc4-c4ccc(C)c5c4Cc4ccccc4-5)CC3)(C(F)(F)F)C(F)(F)F)CC2)c2c1-c1ccccc1C2. The predicted molar refractivity (Wildman–Crippen MR) is 237 cm³/mol. The number of ether oxygens (including phenoxy) is 2.